The number of nitrogens with one attached hydrogen (secondary N) is 1. The average Bonchev–Trinajstić information content (AvgIpc) is 2.49. The maximum atomic E-state index is 12.9. The van der Waals surface area contributed by atoms with Gasteiger partial charge >= 0.3 is 0 Å². The maximum absolute atomic E-state index is 12.9. The van der Waals surface area contributed by atoms with Crippen molar-refractivity contribution < 1.29 is 13.9 Å². The minimum absolute atomic E-state index is 0.0456. The smallest absolute Gasteiger partial charge is 0.248 e. The number of likely N-dealkylation sites (tertiary alicyclic amines) is 1. The SMILES string of the molecule is COCC(=O)N1CCC(NC(C)c2ccc(F)cn2)CC1. The Kier molecular flexibility index (Phi) is 5.64. The number of halogens is 1. The molecule has 2 heterocycles. The normalized spacial score (nSPS) is 17.8. The maximum Gasteiger partial charge on any atom is 0.248 e. The van der Waals surface area contributed by atoms with Gasteiger partial charge in [-0.3, -0.25) is 9.78 Å². The first-order chi connectivity index (χ1) is 10.1. The zero-order valence-electron chi connectivity index (χ0n) is 12.5. The van der Waals surface area contributed by atoms with Crippen LogP contribution in [0.25, 0.3) is 0 Å². The van der Waals surface area contributed by atoms with Gasteiger partial charge < -0.3 is 15.0 Å². The van der Waals surface area contributed by atoms with Gasteiger partial charge in [0.05, 0.1) is 11.9 Å². The van der Waals surface area contributed by atoms with E-state index in [1.54, 1.807) is 6.07 Å². The number of carbonyl (C=O) groups excluding carboxylic acids is 1. The van der Waals surface area contributed by atoms with E-state index in [0.717, 1.165) is 31.6 Å². The molecular weight excluding hydrogens is 273 g/mol. The highest BCUT2D eigenvalue weighted by atomic mass is 19.1. The zero-order valence-corrected chi connectivity index (χ0v) is 12.5. The standard InChI is InChI=1S/C15H22FN3O2/c1-11(14-4-3-12(16)9-17-14)18-13-5-7-19(8-6-13)15(20)10-21-2/h3-4,9,11,13,18H,5-8,10H2,1-2H3. The Morgan fingerprint density at radius 2 is 2.24 bits per heavy atom. The van der Waals surface area contributed by atoms with Crippen LogP contribution in [0.4, 0.5) is 4.39 Å². The molecule has 5 nitrogen and oxygen atoms in total. The molecule has 0 aromatic carbocycles. The number of carbonyl (C=O) groups is 1. The monoisotopic (exact) mass is 295 g/mol. The molecule has 0 aliphatic carbocycles. The van der Waals surface area contributed by atoms with E-state index in [-0.39, 0.29) is 24.4 Å². The van der Waals surface area contributed by atoms with E-state index in [0.29, 0.717) is 6.04 Å². The van der Waals surface area contributed by atoms with Crippen LogP contribution < -0.4 is 5.32 Å². The predicted molar refractivity (Wildman–Crippen MR) is 77.2 cm³/mol. The Hall–Kier alpha value is -1.53. The van der Waals surface area contributed by atoms with Gasteiger partial charge in [-0.2, -0.15) is 0 Å². The summed E-state index contributed by atoms with van der Waals surface area (Å²) in [4.78, 5) is 17.6. The first-order valence-electron chi connectivity index (χ1n) is 7.24. The van der Waals surface area contributed by atoms with E-state index in [2.05, 4.69) is 10.3 Å². The molecule has 1 unspecified atom stereocenters. The van der Waals surface area contributed by atoms with E-state index < -0.39 is 0 Å². The van der Waals surface area contributed by atoms with Crippen LogP contribution in [0.15, 0.2) is 18.3 Å². The van der Waals surface area contributed by atoms with Crippen LogP contribution in [0.2, 0.25) is 0 Å². The van der Waals surface area contributed by atoms with Crippen LogP contribution in [-0.2, 0) is 9.53 Å². The molecule has 2 rings (SSSR count). The molecule has 1 aliphatic rings. The van der Waals surface area contributed by atoms with Crippen LogP contribution in [-0.4, -0.2) is 48.6 Å². The van der Waals surface area contributed by atoms with Crippen LogP contribution in [0.5, 0.6) is 0 Å². The molecule has 1 aromatic rings. The first kappa shape index (κ1) is 15.9. The van der Waals surface area contributed by atoms with Crippen LogP contribution in [0, 0.1) is 5.82 Å². The molecule has 0 spiro atoms. The highest BCUT2D eigenvalue weighted by molar-refractivity contribution is 5.77. The number of aromatic nitrogens is 1. The van der Waals surface area contributed by atoms with Crippen molar-refractivity contribution in [2.45, 2.75) is 31.8 Å². The fourth-order valence-corrected chi connectivity index (χ4v) is 2.59. The van der Waals surface area contributed by atoms with Gasteiger partial charge in [0.1, 0.15) is 12.4 Å². The predicted octanol–water partition coefficient (Wildman–Crippen LogP) is 1.51. The second-order valence-electron chi connectivity index (χ2n) is 5.38. The van der Waals surface area contributed by atoms with Gasteiger partial charge in [0.25, 0.3) is 0 Å². The van der Waals surface area contributed by atoms with Crippen molar-refractivity contribution in [1.29, 1.82) is 0 Å². The third-order valence-corrected chi connectivity index (χ3v) is 3.80. The van der Waals surface area contributed by atoms with E-state index in [1.165, 1.54) is 19.4 Å². The summed E-state index contributed by atoms with van der Waals surface area (Å²) in [6, 6.07) is 3.53. The fraction of sp³-hybridized carbons (Fsp3) is 0.600. The molecular formula is C15H22FN3O2. The molecule has 1 N–H and O–H groups in total. The van der Waals surface area contributed by atoms with Crippen LogP contribution in [0.3, 0.4) is 0 Å². The van der Waals surface area contributed by atoms with Gasteiger partial charge in [-0.15, -0.1) is 0 Å². The van der Waals surface area contributed by atoms with Crippen molar-refractivity contribution in [2.75, 3.05) is 26.8 Å². The van der Waals surface area contributed by atoms with Gasteiger partial charge in [0, 0.05) is 32.3 Å². The number of rotatable bonds is 5. The molecule has 6 heteroatoms. The summed E-state index contributed by atoms with van der Waals surface area (Å²) in [6.45, 7) is 3.64. The summed E-state index contributed by atoms with van der Waals surface area (Å²) in [5, 5.41) is 3.49. The third-order valence-electron chi connectivity index (χ3n) is 3.80. The van der Waals surface area contributed by atoms with Crippen LogP contribution in [0.1, 0.15) is 31.5 Å². The summed E-state index contributed by atoms with van der Waals surface area (Å²) in [5.74, 6) is -0.278. The second-order valence-corrected chi connectivity index (χ2v) is 5.38. The summed E-state index contributed by atoms with van der Waals surface area (Å²) in [6.07, 6.45) is 3.04. The van der Waals surface area contributed by atoms with Gasteiger partial charge in [-0.05, 0) is 31.9 Å². The van der Waals surface area contributed by atoms with Crippen molar-refractivity contribution in [1.82, 2.24) is 15.2 Å². The quantitative estimate of drug-likeness (QED) is 0.894. The number of hydrogen-bond acceptors (Lipinski definition) is 4. The number of piperidine rings is 1. The molecule has 1 amide bonds. The molecule has 1 aromatic heterocycles. The second kappa shape index (κ2) is 7.47. The number of nitrogens with zero attached hydrogens (tertiary/aromatic N) is 2. The number of pyridine rings is 1. The molecule has 21 heavy (non-hydrogen) atoms. The summed E-state index contributed by atoms with van der Waals surface area (Å²) in [5.41, 5.74) is 0.828. The Labute approximate surface area is 124 Å². The van der Waals surface area contributed by atoms with Crippen molar-refractivity contribution in [3.8, 4) is 0 Å². The fourth-order valence-electron chi connectivity index (χ4n) is 2.59. The third kappa shape index (κ3) is 4.47. The Balaban J connectivity index is 1.80. The Bertz CT molecular complexity index is 458. The minimum atomic E-state index is -0.323. The summed E-state index contributed by atoms with van der Waals surface area (Å²) in [7, 11) is 1.53. The van der Waals surface area contributed by atoms with E-state index in [9.17, 15) is 9.18 Å². The lowest BCUT2D eigenvalue weighted by Crippen LogP contribution is -2.46. The van der Waals surface area contributed by atoms with Crippen molar-refractivity contribution >= 4 is 5.91 Å². The lowest BCUT2D eigenvalue weighted by atomic mass is 10.0. The largest absolute Gasteiger partial charge is 0.375 e. The topological polar surface area (TPSA) is 54.5 Å². The van der Waals surface area contributed by atoms with E-state index in [4.69, 9.17) is 4.74 Å². The number of hydrogen-bond donors (Lipinski definition) is 1. The van der Waals surface area contributed by atoms with E-state index >= 15 is 0 Å². The van der Waals surface area contributed by atoms with Crippen molar-refractivity contribution in [2.24, 2.45) is 0 Å². The first-order valence-corrected chi connectivity index (χ1v) is 7.24. The lowest BCUT2D eigenvalue weighted by Gasteiger charge is -2.33. The Morgan fingerprint density at radius 3 is 2.81 bits per heavy atom. The highest BCUT2D eigenvalue weighted by Gasteiger charge is 2.23. The minimum Gasteiger partial charge on any atom is -0.375 e. The lowest BCUT2D eigenvalue weighted by molar-refractivity contribution is -0.136. The summed E-state index contributed by atoms with van der Waals surface area (Å²) < 4.78 is 17.7. The molecule has 1 fully saturated rings. The molecule has 1 aliphatic heterocycles. The molecule has 0 radical (unpaired) electrons. The number of ether oxygens (including phenoxy) is 1. The van der Waals surface area contributed by atoms with Gasteiger partial charge in [0.2, 0.25) is 5.91 Å². The molecule has 116 valence electrons. The molecule has 0 bridgehead atoms. The van der Waals surface area contributed by atoms with Gasteiger partial charge in [-0.25, -0.2) is 4.39 Å². The van der Waals surface area contributed by atoms with Crippen LogP contribution >= 0.6 is 0 Å². The highest BCUT2D eigenvalue weighted by Crippen LogP contribution is 2.16. The van der Waals surface area contributed by atoms with Crippen molar-refractivity contribution in [3.63, 3.8) is 0 Å². The zero-order chi connectivity index (χ0) is 15.2. The number of amides is 1. The average molecular weight is 295 g/mol. The molecule has 0 saturated carbocycles. The molecule has 1 saturated heterocycles. The van der Waals surface area contributed by atoms with Crippen molar-refractivity contribution in [3.05, 3.63) is 29.8 Å². The molecule has 1 atom stereocenters. The summed E-state index contributed by atoms with van der Waals surface area (Å²) >= 11 is 0. The van der Waals surface area contributed by atoms with E-state index in [1.807, 2.05) is 11.8 Å². The number of methoxy groups -OCH3 is 1. The van der Waals surface area contributed by atoms with Gasteiger partial charge in [0.15, 0.2) is 0 Å². The Morgan fingerprint density at radius 1 is 1.52 bits per heavy atom. The van der Waals surface area contributed by atoms with Gasteiger partial charge in [-0.1, -0.05) is 0 Å².